The van der Waals surface area contributed by atoms with Gasteiger partial charge < -0.3 is 19.4 Å². The van der Waals surface area contributed by atoms with Gasteiger partial charge in [0.1, 0.15) is 5.76 Å². The van der Waals surface area contributed by atoms with E-state index in [4.69, 9.17) is 14.0 Å². The molecule has 0 aromatic carbocycles. The van der Waals surface area contributed by atoms with Crippen LogP contribution in [0.1, 0.15) is 35.0 Å². The second-order valence-electron chi connectivity index (χ2n) is 5.19. The Morgan fingerprint density at radius 3 is 2.88 bits per heavy atom. The molecule has 1 amide bonds. The number of carbonyl (C=O) groups is 2. The molecule has 0 aliphatic heterocycles. The highest BCUT2D eigenvalue weighted by atomic mass is 32.1. The van der Waals surface area contributed by atoms with Gasteiger partial charge in [0.25, 0.3) is 0 Å². The van der Waals surface area contributed by atoms with E-state index in [-0.39, 0.29) is 18.2 Å². The minimum atomic E-state index is -1.14. The molecule has 0 aliphatic carbocycles. The van der Waals surface area contributed by atoms with Gasteiger partial charge in [-0.05, 0) is 30.0 Å². The molecule has 8 nitrogen and oxygen atoms in total. The summed E-state index contributed by atoms with van der Waals surface area (Å²) < 4.78 is 10.2. The Kier molecular flexibility index (Phi) is 5.24. The number of nitrogens with zero attached hydrogens (tertiary/aromatic N) is 2. The lowest BCUT2D eigenvalue weighted by molar-refractivity contribution is -0.121. The first-order valence-corrected chi connectivity index (χ1v) is 8.45. The number of thiophene rings is 1. The molecular formula is C16H15N3O5S. The van der Waals surface area contributed by atoms with Crippen molar-refractivity contribution in [3.63, 3.8) is 0 Å². The van der Waals surface area contributed by atoms with Gasteiger partial charge in [-0.3, -0.25) is 4.79 Å². The number of aryl methyl sites for hydroxylation is 1. The van der Waals surface area contributed by atoms with Crippen molar-refractivity contribution in [2.75, 3.05) is 0 Å². The number of furan rings is 1. The number of amides is 1. The molecule has 9 heteroatoms. The van der Waals surface area contributed by atoms with Crippen molar-refractivity contribution in [1.29, 1.82) is 0 Å². The number of carboxylic acid groups (broad SMARTS) is 1. The molecule has 3 rings (SSSR count). The zero-order valence-corrected chi connectivity index (χ0v) is 13.9. The smallest absolute Gasteiger partial charge is 0.371 e. The number of carboxylic acids is 1. The molecule has 3 aromatic heterocycles. The molecular weight excluding hydrogens is 346 g/mol. The summed E-state index contributed by atoms with van der Waals surface area (Å²) in [5.74, 6) is -0.00871. The molecule has 0 atom stereocenters. The Bertz CT molecular complexity index is 853. The van der Waals surface area contributed by atoms with Crippen LogP contribution in [0.25, 0.3) is 10.7 Å². The predicted molar refractivity (Wildman–Crippen MR) is 88.1 cm³/mol. The Balaban J connectivity index is 1.39. The Hall–Kier alpha value is -2.94. The van der Waals surface area contributed by atoms with E-state index in [0.29, 0.717) is 36.7 Å². The van der Waals surface area contributed by atoms with Crippen LogP contribution in [-0.4, -0.2) is 27.1 Å². The van der Waals surface area contributed by atoms with Gasteiger partial charge in [0.15, 0.2) is 0 Å². The summed E-state index contributed by atoms with van der Waals surface area (Å²) in [6, 6.07) is 6.70. The maximum atomic E-state index is 11.8. The standard InChI is InChI=1S/C16H15N3O5S/c20-13(17-9-10-6-7-11(23-10)16(21)22)4-1-5-14-18-15(19-24-14)12-3-2-8-25-12/h2-3,6-8H,1,4-5,9H2,(H,17,20)(H,21,22). The van der Waals surface area contributed by atoms with Crippen LogP contribution in [0, 0.1) is 0 Å². The summed E-state index contributed by atoms with van der Waals surface area (Å²) in [6.45, 7) is 0.148. The fraction of sp³-hybridized carbons (Fsp3) is 0.250. The van der Waals surface area contributed by atoms with Crippen LogP contribution >= 0.6 is 11.3 Å². The van der Waals surface area contributed by atoms with Crippen LogP contribution in [0.2, 0.25) is 0 Å². The number of hydrogen-bond donors (Lipinski definition) is 2. The maximum Gasteiger partial charge on any atom is 0.371 e. The van der Waals surface area contributed by atoms with E-state index in [1.54, 1.807) is 0 Å². The SMILES string of the molecule is O=C(CCCc1nc(-c2cccs2)no1)NCc1ccc(C(=O)O)o1. The minimum absolute atomic E-state index is 0.148. The number of carbonyl (C=O) groups excluding carboxylic acids is 1. The van der Waals surface area contributed by atoms with Gasteiger partial charge in [-0.2, -0.15) is 4.98 Å². The number of nitrogens with one attached hydrogen (secondary N) is 1. The van der Waals surface area contributed by atoms with Gasteiger partial charge in [-0.1, -0.05) is 11.2 Å². The summed E-state index contributed by atoms with van der Waals surface area (Å²) in [5, 5.41) is 17.3. The second-order valence-corrected chi connectivity index (χ2v) is 6.14. The Labute approximate surface area is 146 Å². The summed E-state index contributed by atoms with van der Waals surface area (Å²) in [4.78, 5) is 27.7. The van der Waals surface area contributed by atoms with E-state index >= 15 is 0 Å². The van der Waals surface area contributed by atoms with Crippen LogP contribution in [0.5, 0.6) is 0 Å². The molecule has 0 saturated heterocycles. The van der Waals surface area contributed by atoms with Crippen LogP contribution in [0.4, 0.5) is 0 Å². The Morgan fingerprint density at radius 1 is 1.28 bits per heavy atom. The van der Waals surface area contributed by atoms with Gasteiger partial charge in [0.05, 0.1) is 11.4 Å². The second kappa shape index (κ2) is 7.75. The average molecular weight is 361 g/mol. The number of hydrogen-bond acceptors (Lipinski definition) is 7. The quantitative estimate of drug-likeness (QED) is 0.633. The van der Waals surface area contributed by atoms with Crippen molar-refractivity contribution >= 4 is 23.2 Å². The average Bonchev–Trinajstić information content (AvgIpc) is 3.33. The molecule has 0 spiro atoms. The third kappa shape index (κ3) is 4.54. The van der Waals surface area contributed by atoms with Gasteiger partial charge in [0, 0.05) is 12.8 Å². The van der Waals surface area contributed by atoms with Crippen molar-refractivity contribution in [1.82, 2.24) is 15.5 Å². The van der Waals surface area contributed by atoms with Gasteiger partial charge in [-0.15, -0.1) is 11.3 Å². The molecule has 3 heterocycles. The highest BCUT2D eigenvalue weighted by Crippen LogP contribution is 2.21. The first-order chi connectivity index (χ1) is 12.1. The molecule has 3 aromatic rings. The topological polar surface area (TPSA) is 118 Å². The fourth-order valence-electron chi connectivity index (χ4n) is 2.12. The molecule has 0 saturated carbocycles. The third-order valence-corrected chi connectivity index (χ3v) is 4.20. The monoisotopic (exact) mass is 361 g/mol. The normalized spacial score (nSPS) is 10.7. The van der Waals surface area contributed by atoms with Crippen LogP contribution in [-0.2, 0) is 17.8 Å². The van der Waals surface area contributed by atoms with E-state index in [1.165, 1.54) is 23.5 Å². The lowest BCUT2D eigenvalue weighted by atomic mass is 10.2. The largest absolute Gasteiger partial charge is 0.475 e. The lowest BCUT2D eigenvalue weighted by Gasteiger charge is -2.02. The zero-order valence-electron chi connectivity index (χ0n) is 13.1. The van der Waals surface area contributed by atoms with Crippen LogP contribution in [0.15, 0.2) is 38.6 Å². The first kappa shape index (κ1) is 16.9. The first-order valence-electron chi connectivity index (χ1n) is 7.57. The van der Waals surface area contributed by atoms with Crippen LogP contribution < -0.4 is 5.32 Å². The Morgan fingerprint density at radius 2 is 2.16 bits per heavy atom. The highest BCUT2D eigenvalue weighted by molar-refractivity contribution is 7.13. The molecule has 130 valence electrons. The van der Waals surface area contributed by atoms with Crippen molar-refractivity contribution in [2.24, 2.45) is 0 Å². The highest BCUT2D eigenvalue weighted by Gasteiger charge is 2.11. The van der Waals surface area contributed by atoms with Crippen LogP contribution in [0.3, 0.4) is 0 Å². The molecule has 0 unspecified atom stereocenters. The van der Waals surface area contributed by atoms with Crippen molar-refractivity contribution in [3.05, 3.63) is 47.1 Å². The summed E-state index contributed by atoms with van der Waals surface area (Å²) in [6.07, 6.45) is 1.37. The number of aromatic carboxylic acids is 1. The molecule has 0 bridgehead atoms. The van der Waals surface area contributed by atoms with Crippen molar-refractivity contribution < 1.29 is 23.6 Å². The van der Waals surface area contributed by atoms with Gasteiger partial charge in [-0.25, -0.2) is 4.79 Å². The maximum absolute atomic E-state index is 11.8. The molecule has 2 N–H and O–H groups in total. The molecule has 0 radical (unpaired) electrons. The van der Waals surface area contributed by atoms with Gasteiger partial charge in [0.2, 0.25) is 23.4 Å². The number of rotatable bonds is 8. The fourth-order valence-corrected chi connectivity index (χ4v) is 2.77. The molecule has 0 aliphatic rings. The van der Waals surface area contributed by atoms with E-state index in [2.05, 4.69) is 15.5 Å². The predicted octanol–water partition coefficient (Wildman–Crippen LogP) is 2.73. The van der Waals surface area contributed by atoms with Crippen molar-refractivity contribution in [2.45, 2.75) is 25.8 Å². The third-order valence-electron chi connectivity index (χ3n) is 3.34. The van der Waals surface area contributed by atoms with E-state index in [9.17, 15) is 9.59 Å². The minimum Gasteiger partial charge on any atom is -0.475 e. The summed E-state index contributed by atoms with van der Waals surface area (Å²) in [5.41, 5.74) is 0. The van der Waals surface area contributed by atoms with E-state index in [1.807, 2.05) is 17.5 Å². The summed E-state index contributed by atoms with van der Waals surface area (Å²) >= 11 is 1.53. The zero-order chi connectivity index (χ0) is 17.6. The van der Waals surface area contributed by atoms with Crippen molar-refractivity contribution in [3.8, 4) is 10.7 Å². The molecule has 0 fully saturated rings. The number of aromatic nitrogens is 2. The molecule has 25 heavy (non-hydrogen) atoms. The lowest BCUT2D eigenvalue weighted by Crippen LogP contribution is -2.22. The van der Waals surface area contributed by atoms with E-state index < -0.39 is 5.97 Å². The summed E-state index contributed by atoms with van der Waals surface area (Å²) in [7, 11) is 0. The van der Waals surface area contributed by atoms with E-state index in [0.717, 1.165) is 4.88 Å². The van der Waals surface area contributed by atoms with Gasteiger partial charge >= 0.3 is 5.97 Å².